The third kappa shape index (κ3) is 3.45. The van der Waals surface area contributed by atoms with Crippen LogP contribution in [0.15, 0.2) is 0 Å². The summed E-state index contributed by atoms with van der Waals surface area (Å²) in [4.78, 5) is 10.7. The molecule has 1 radical (unpaired) electrons. The van der Waals surface area contributed by atoms with Crippen LogP contribution >= 0.6 is 0 Å². The summed E-state index contributed by atoms with van der Waals surface area (Å²) >= 11 is 0. The lowest BCUT2D eigenvalue weighted by atomic mass is 10.2. The average Bonchev–Trinajstić information content (AvgIpc) is 2.42. The van der Waals surface area contributed by atoms with Gasteiger partial charge in [-0.2, -0.15) is 5.10 Å². The molecule has 1 aromatic heterocycles. The quantitative estimate of drug-likeness (QED) is 0.735. The molecule has 0 aromatic carbocycles. The molecule has 0 fully saturated rings. The Hall–Kier alpha value is -1.16. The highest BCUT2D eigenvalue weighted by atomic mass is 16.5. The molecule has 0 saturated carbocycles. The number of carbonyl (C=O) groups excluding carboxylic acids is 1. The molecule has 0 N–H and O–H groups in total. The van der Waals surface area contributed by atoms with Crippen molar-refractivity contribution >= 4 is 6.29 Å². The third-order valence-electron chi connectivity index (χ3n) is 2.02. The number of aryl methyl sites for hydroxylation is 2. The van der Waals surface area contributed by atoms with E-state index in [0.717, 1.165) is 17.7 Å². The van der Waals surface area contributed by atoms with Crippen LogP contribution in [0.3, 0.4) is 0 Å². The number of carbonyl (C=O) groups is 1. The second kappa shape index (κ2) is 4.78. The van der Waals surface area contributed by atoms with E-state index >= 15 is 0 Å². The van der Waals surface area contributed by atoms with Crippen LogP contribution in [0.4, 0.5) is 0 Å². The lowest BCUT2D eigenvalue weighted by molar-refractivity contribution is -0.125. The molecule has 89 valence electrons. The first-order chi connectivity index (χ1) is 7.33. The van der Waals surface area contributed by atoms with Crippen molar-refractivity contribution in [2.75, 3.05) is 0 Å². The molecule has 1 heterocycles. The second-order valence-corrected chi connectivity index (χ2v) is 4.83. The maximum Gasteiger partial charge on any atom is 0.157 e. The van der Waals surface area contributed by atoms with Gasteiger partial charge in [0.1, 0.15) is 6.29 Å². The molecular formula is C12H19N2O2. The first kappa shape index (κ1) is 12.9. The van der Waals surface area contributed by atoms with Crippen LogP contribution in [-0.4, -0.2) is 21.7 Å². The van der Waals surface area contributed by atoms with Crippen molar-refractivity contribution in [3.63, 3.8) is 0 Å². The first-order valence-electron chi connectivity index (χ1n) is 5.40. The summed E-state index contributed by atoms with van der Waals surface area (Å²) in [6.07, 6.45) is 0.808. The Labute approximate surface area is 96.6 Å². The molecule has 0 aliphatic heterocycles. The summed E-state index contributed by atoms with van der Waals surface area (Å²) in [6.45, 7) is 9.66. The normalized spacial score (nSPS) is 13.8. The molecule has 1 rings (SSSR count). The number of aromatic nitrogens is 2. The van der Waals surface area contributed by atoms with Crippen LogP contribution in [0.2, 0.25) is 0 Å². The largest absolute Gasteiger partial charge is 0.350 e. The van der Waals surface area contributed by atoms with E-state index in [1.54, 1.807) is 4.68 Å². The lowest BCUT2D eigenvalue weighted by Crippen LogP contribution is -2.27. The molecule has 0 bridgehead atoms. The predicted octanol–water partition coefficient (Wildman–Crippen LogP) is 2.20. The smallest absolute Gasteiger partial charge is 0.157 e. The first-order valence-corrected chi connectivity index (χ1v) is 5.40. The van der Waals surface area contributed by atoms with Crippen molar-refractivity contribution in [3.05, 3.63) is 17.5 Å². The Morgan fingerprint density at radius 2 is 2.12 bits per heavy atom. The van der Waals surface area contributed by atoms with E-state index in [2.05, 4.69) is 11.2 Å². The SMILES string of the molecule is Cc1[c]c(C)n(C(CC=O)OC(C)(C)C)n1. The molecule has 4 nitrogen and oxygen atoms in total. The molecule has 16 heavy (non-hydrogen) atoms. The number of aldehydes is 1. The maximum atomic E-state index is 10.7. The Morgan fingerprint density at radius 3 is 2.50 bits per heavy atom. The van der Waals surface area contributed by atoms with Crippen LogP contribution < -0.4 is 0 Å². The van der Waals surface area contributed by atoms with Crippen molar-refractivity contribution in [1.29, 1.82) is 0 Å². The third-order valence-corrected chi connectivity index (χ3v) is 2.02. The van der Waals surface area contributed by atoms with Crippen molar-refractivity contribution in [1.82, 2.24) is 9.78 Å². The van der Waals surface area contributed by atoms with Gasteiger partial charge in [0.2, 0.25) is 0 Å². The van der Waals surface area contributed by atoms with Crippen LogP contribution in [0.5, 0.6) is 0 Å². The minimum atomic E-state index is -0.345. The van der Waals surface area contributed by atoms with Crippen molar-refractivity contribution in [2.45, 2.75) is 52.9 Å². The number of nitrogens with zero attached hydrogens (tertiary/aromatic N) is 2. The van der Waals surface area contributed by atoms with Crippen LogP contribution in [0.1, 0.15) is 44.8 Å². The zero-order valence-corrected chi connectivity index (χ0v) is 10.6. The Kier molecular flexibility index (Phi) is 3.86. The van der Waals surface area contributed by atoms with E-state index in [0.29, 0.717) is 6.42 Å². The van der Waals surface area contributed by atoms with Crippen molar-refractivity contribution in [3.8, 4) is 0 Å². The minimum Gasteiger partial charge on any atom is -0.350 e. The minimum absolute atomic E-state index is 0.299. The molecular weight excluding hydrogens is 204 g/mol. The standard InChI is InChI=1S/C12H19N2O2/c1-9-8-10(2)14(13-9)11(6-7-15)16-12(3,4)5/h7,11H,6H2,1-5H3. The molecule has 1 atom stereocenters. The van der Waals surface area contributed by atoms with Gasteiger partial charge in [-0.05, 0) is 34.6 Å². The lowest BCUT2D eigenvalue weighted by Gasteiger charge is -2.27. The van der Waals surface area contributed by atoms with E-state index in [1.165, 1.54) is 0 Å². The van der Waals surface area contributed by atoms with Crippen molar-refractivity contribution in [2.24, 2.45) is 0 Å². The molecule has 4 heteroatoms. The topological polar surface area (TPSA) is 44.1 Å². The molecule has 1 aromatic rings. The van der Waals surface area contributed by atoms with Gasteiger partial charge in [0.15, 0.2) is 6.23 Å². The highest BCUT2D eigenvalue weighted by Crippen LogP contribution is 2.22. The fourth-order valence-corrected chi connectivity index (χ4v) is 1.55. The van der Waals surface area contributed by atoms with E-state index in [1.807, 2.05) is 34.6 Å². The second-order valence-electron chi connectivity index (χ2n) is 4.83. The number of hydrogen-bond acceptors (Lipinski definition) is 3. The van der Waals surface area contributed by atoms with Gasteiger partial charge in [-0.25, -0.2) is 4.68 Å². The molecule has 1 unspecified atom stereocenters. The zero-order valence-electron chi connectivity index (χ0n) is 10.6. The van der Waals surface area contributed by atoms with Gasteiger partial charge >= 0.3 is 0 Å². The highest BCUT2D eigenvalue weighted by molar-refractivity contribution is 5.49. The maximum absolute atomic E-state index is 10.7. The monoisotopic (exact) mass is 223 g/mol. The molecule has 0 saturated heterocycles. The van der Waals surface area contributed by atoms with Crippen LogP contribution in [-0.2, 0) is 9.53 Å². The van der Waals surface area contributed by atoms with E-state index < -0.39 is 0 Å². The Bertz CT molecular complexity index is 364. The van der Waals surface area contributed by atoms with Crippen molar-refractivity contribution < 1.29 is 9.53 Å². The summed E-state index contributed by atoms with van der Waals surface area (Å²) in [7, 11) is 0. The average molecular weight is 223 g/mol. The van der Waals surface area contributed by atoms with Gasteiger partial charge in [0.05, 0.1) is 17.7 Å². The van der Waals surface area contributed by atoms with E-state index in [-0.39, 0.29) is 11.8 Å². The number of rotatable bonds is 4. The summed E-state index contributed by atoms with van der Waals surface area (Å²) in [5.74, 6) is 0. The number of ether oxygens (including phenoxy) is 1. The zero-order chi connectivity index (χ0) is 12.3. The molecule has 0 aliphatic carbocycles. The van der Waals surface area contributed by atoms with Gasteiger partial charge < -0.3 is 9.53 Å². The summed E-state index contributed by atoms with van der Waals surface area (Å²) < 4.78 is 7.52. The van der Waals surface area contributed by atoms with Gasteiger partial charge in [-0.3, -0.25) is 0 Å². The summed E-state index contributed by atoms with van der Waals surface area (Å²) in [5.41, 5.74) is 1.39. The fraction of sp³-hybridized carbons (Fsp3) is 0.667. The van der Waals surface area contributed by atoms with Gasteiger partial charge in [-0.15, -0.1) is 0 Å². The highest BCUT2D eigenvalue weighted by Gasteiger charge is 2.21. The predicted molar refractivity (Wildman–Crippen MR) is 61.1 cm³/mol. The van der Waals surface area contributed by atoms with Crippen LogP contribution in [0, 0.1) is 19.9 Å². The number of hydrogen-bond donors (Lipinski definition) is 0. The molecule has 0 aliphatic rings. The van der Waals surface area contributed by atoms with E-state index in [9.17, 15) is 4.79 Å². The van der Waals surface area contributed by atoms with Gasteiger partial charge in [-0.1, -0.05) is 0 Å². The van der Waals surface area contributed by atoms with Crippen LogP contribution in [0.25, 0.3) is 0 Å². The molecule has 0 amide bonds. The summed E-state index contributed by atoms with van der Waals surface area (Å²) in [5, 5.41) is 4.29. The van der Waals surface area contributed by atoms with Gasteiger partial charge in [0.25, 0.3) is 0 Å². The summed E-state index contributed by atoms with van der Waals surface area (Å²) in [6, 6.07) is 3.09. The Balaban J connectivity index is 2.93. The van der Waals surface area contributed by atoms with Gasteiger partial charge in [0, 0.05) is 11.8 Å². The fourth-order valence-electron chi connectivity index (χ4n) is 1.55. The Morgan fingerprint density at radius 1 is 1.50 bits per heavy atom. The molecule has 0 spiro atoms. The van der Waals surface area contributed by atoms with E-state index in [4.69, 9.17) is 4.74 Å².